The molecule has 1 heterocycles. The molecule has 1 rings (SSSR count). The van der Waals surface area contributed by atoms with Crippen LogP contribution in [0.5, 0.6) is 0 Å². The van der Waals surface area contributed by atoms with Gasteiger partial charge in [-0.3, -0.25) is 0 Å². The van der Waals surface area contributed by atoms with E-state index in [0.29, 0.717) is 12.1 Å². The zero-order chi connectivity index (χ0) is 10.4. The number of hydrogen-bond acceptors (Lipinski definition) is 2. The quantitative estimate of drug-likeness (QED) is 0.703. The molecule has 78 valence electrons. The van der Waals surface area contributed by atoms with E-state index >= 15 is 0 Å². The predicted octanol–water partition coefficient (Wildman–Crippen LogP) is 2.76. The Balaban J connectivity index is 2.28. The van der Waals surface area contributed by atoms with E-state index < -0.39 is 0 Å². The smallest absolute Gasteiger partial charge is 0.105 e. The van der Waals surface area contributed by atoms with Crippen LogP contribution in [0.1, 0.15) is 26.0 Å². The monoisotopic (exact) mass is 193 g/mol. The summed E-state index contributed by atoms with van der Waals surface area (Å²) in [5.74, 6) is 1.04. The Morgan fingerprint density at radius 3 is 2.86 bits per heavy atom. The molecule has 2 heteroatoms. The third-order valence-electron chi connectivity index (χ3n) is 2.18. The van der Waals surface area contributed by atoms with Crippen LogP contribution in [-0.2, 0) is 6.42 Å². The second kappa shape index (κ2) is 5.66. The molecule has 0 spiro atoms. The molecule has 0 amide bonds. The van der Waals surface area contributed by atoms with Gasteiger partial charge in [-0.1, -0.05) is 6.08 Å². The first-order chi connectivity index (χ1) is 6.72. The first-order valence-electron chi connectivity index (χ1n) is 5.11. The highest BCUT2D eigenvalue weighted by atomic mass is 16.3. The molecule has 2 atom stereocenters. The zero-order valence-electron chi connectivity index (χ0n) is 8.99. The van der Waals surface area contributed by atoms with Gasteiger partial charge in [-0.25, -0.2) is 0 Å². The van der Waals surface area contributed by atoms with Crippen molar-refractivity contribution in [3.05, 3.63) is 36.8 Å². The van der Waals surface area contributed by atoms with Gasteiger partial charge in [0.05, 0.1) is 6.26 Å². The summed E-state index contributed by atoms with van der Waals surface area (Å²) in [6.45, 7) is 8.06. The van der Waals surface area contributed by atoms with Crippen LogP contribution in [0.25, 0.3) is 0 Å². The summed E-state index contributed by atoms with van der Waals surface area (Å²) in [5, 5.41) is 3.49. The lowest BCUT2D eigenvalue weighted by Gasteiger charge is -2.17. The second-order valence-electron chi connectivity index (χ2n) is 3.78. The number of furan rings is 1. The second-order valence-corrected chi connectivity index (χ2v) is 3.78. The van der Waals surface area contributed by atoms with E-state index in [1.54, 1.807) is 6.26 Å². The maximum absolute atomic E-state index is 5.29. The van der Waals surface area contributed by atoms with Gasteiger partial charge < -0.3 is 9.73 Å². The van der Waals surface area contributed by atoms with Crippen molar-refractivity contribution in [3.63, 3.8) is 0 Å². The van der Waals surface area contributed by atoms with Crippen LogP contribution in [0.2, 0.25) is 0 Å². The van der Waals surface area contributed by atoms with Crippen molar-refractivity contribution >= 4 is 0 Å². The van der Waals surface area contributed by atoms with Crippen molar-refractivity contribution in [3.8, 4) is 0 Å². The first kappa shape index (κ1) is 11.1. The van der Waals surface area contributed by atoms with Crippen molar-refractivity contribution in [2.45, 2.75) is 38.8 Å². The van der Waals surface area contributed by atoms with Crippen LogP contribution in [0.3, 0.4) is 0 Å². The van der Waals surface area contributed by atoms with E-state index in [2.05, 4.69) is 25.7 Å². The molecule has 0 aliphatic heterocycles. The van der Waals surface area contributed by atoms with Gasteiger partial charge in [0.15, 0.2) is 0 Å². The SMILES string of the molecule is C=CCC(C)NC(C)Cc1ccco1. The van der Waals surface area contributed by atoms with Crippen molar-refractivity contribution in [1.29, 1.82) is 0 Å². The summed E-state index contributed by atoms with van der Waals surface area (Å²) in [5.41, 5.74) is 0. The third-order valence-corrected chi connectivity index (χ3v) is 2.18. The fraction of sp³-hybridized carbons (Fsp3) is 0.500. The van der Waals surface area contributed by atoms with Crippen LogP contribution in [0, 0.1) is 0 Å². The minimum absolute atomic E-state index is 0.441. The summed E-state index contributed by atoms with van der Waals surface area (Å²) in [7, 11) is 0. The maximum Gasteiger partial charge on any atom is 0.105 e. The fourth-order valence-electron chi connectivity index (χ4n) is 1.59. The molecule has 2 unspecified atom stereocenters. The average Bonchev–Trinajstić information content (AvgIpc) is 2.56. The van der Waals surface area contributed by atoms with Gasteiger partial charge in [-0.15, -0.1) is 6.58 Å². The van der Waals surface area contributed by atoms with E-state index in [0.717, 1.165) is 18.6 Å². The molecule has 0 aliphatic carbocycles. The molecule has 14 heavy (non-hydrogen) atoms. The Hall–Kier alpha value is -1.02. The molecule has 0 fully saturated rings. The molecule has 2 nitrogen and oxygen atoms in total. The molecule has 0 aliphatic rings. The summed E-state index contributed by atoms with van der Waals surface area (Å²) in [6.07, 6.45) is 5.60. The van der Waals surface area contributed by atoms with Gasteiger partial charge in [-0.05, 0) is 32.4 Å². The van der Waals surface area contributed by atoms with E-state index in [-0.39, 0.29) is 0 Å². The van der Waals surface area contributed by atoms with Crippen molar-refractivity contribution in [2.75, 3.05) is 0 Å². The van der Waals surface area contributed by atoms with Gasteiger partial charge in [0.25, 0.3) is 0 Å². The molecular formula is C12H19NO. The molecule has 0 saturated carbocycles. The van der Waals surface area contributed by atoms with E-state index in [1.165, 1.54) is 0 Å². The molecule has 0 aromatic carbocycles. The Labute approximate surface area is 86.0 Å². The largest absolute Gasteiger partial charge is 0.469 e. The minimum atomic E-state index is 0.441. The van der Waals surface area contributed by atoms with Crippen molar-refractivity contribution in [2.24, 2.45) is 0 Å². The Kier molecular flexibility index (Phi) is 4.47. The molecular weight excluding hydrogens is 174 g/mol. The lowest BCUT2D eigenvalue weighted by atomic mass is 10.1. The number of rotatable bonds is 6. The highest BCUT2D eigenvalue weighted by molar-refractivity contribution is 5.00. The van der Waals surface area contributed by atoms with E-state index in [4.69, 9.17) is 4.42 Å². The summed E-state index contributed by atoms with van der Waals surface area (Å²) in [6, 6.07) is 4.86. The third kappa shape index (κ3) is 3.79. The first-order valence-corrected chi connectivity index (χ1v) is 5.11. The highest BCUT2D eigenvalue weighted by Crippen LogP contribution is 2.05. The highest BCUT2D eigenvalue weighted by Gasteiger charge is 2.07. The van der Waals surface area contributed by atoms with Gasteiger partial charge >= 0.3 is 0 Å². The summed E-state index contributed by atoms with van der Waals surface area (Å²) >= 11 is 0. The lowest BCUT2D eigenvalue weighted by Crippen LogP contribution is -2.35. The molecule has 0 bridgehead atoms. The molecule has 1 aromatic rings. The normalized spacial score (nSPS) is 15.0. The van der Waals surface area contributed by atoms with Gasteiger partial charge in [0, 0.05) is 18.5 Å². The van der Waals surface area contributed by atoms with Gasteiger partial charge in [-0.2, -0.15) is 0 Å². The predicted molar refractivity (Wildman–Crippen MR) is 59.3 cm³/mol. The van der Waals surface area contributed by atoms with Crippen LogP contribution < -0.4 is 5.32 Å². The van der Waals surface area contributed by atoms with Crippen LogP contribution in [0.4, 0.5) is 0 Å². The van der Waals surface area contributed by atoms with Gasteiger partial charge in [0.2, 0.25) is 0 Å². The Bertz CT molecular complexity index is 253. The Morgan fingerprint density at radius 1 is 1.50 bits per heavy atom. The summed E-state index contributed by atoms with van der Waals surface area (Å²) in [4.78, 5) is 0. The topological polar surface area (TPSA) is 25.2 Å². The zero-order valence-corrected chi connectivity index (χ0v) is 8.99. The average molecular weight is 193 g/mol. The van der Waals surface area contributed by atoms with Crippen molar-refractivity contribution < 1.29 is 4.42 Å². The van der Waals surface area contributed by atoms with E-state index in [1.807, 2.05) is 18.2 Å². The molecule has 1 aromatic heterocycles. The van der Waals surface area contributed by atoms with Crippen LogP contribution in [0.15, 0.2) is 35.5 Å². The van der Waals surface area contributed by atoms with Crippen LogP contribution in [-0.4, -0.2) is 12.1 Å². The minimum Gasteiger partial charge on any atom is -0.469 e. The molecule has 0 saturated heterocycles. The lowest BCUT2D eigenvalue weighted by molar-refractivity contribution is 0.424. The van der Waals surface area contributed by atoms with E-state index in [9.17, 15) is 0 Å². The number of nitrogens with one attached hydrogen (secondary N) is 1. The van der Waals surface area contributed by atoms with Crippen LogP contribution >= 0.6 is 0 Å². The molecule has 0 radical (unpaired) electrons. The molecule has 1 N–H and O–H groups in total. The fourth-order valence-corrected chi connectivity index (χ4v) is 1.59. The summed E-state index contributed by atoms with van der Waals surface area (Å²) < 4.78 is 5.29. The maximum atomic E-state index is 5.29. The number of hydrogen-bond donors (Lipinski definition) is 1. The standard InChI is InChI=1S/C12H19NO/c1-4-6-10(2)13-11(3)9-12-7-5-8-14-12/h4-5,7-8,10-11,13H,1,6,9H2,2-3H3. The Morgan fingerprint density at radius 2 is 2.29 bits per heavy atom. The van der Waals surface area contributed by atoms with Gasteiger partial charge in [0.1, 0.15) is 5.76 Å². The van der Waals surface area contributed by atoms with Crippen molar-refractivity contribution in [1.82, 2.24) is 5.32 Å².